The lowest BCUT2D eigenvalue weighted by Gasteiger charge is -2.45. The van der Waals surface area contributed by atoms with Crippen LogP contribution >= 0.6 is 0 Å². The van der Waals surface area contributed by atoms with Crippen molar-refractivity contribution in [1.29, 1.82) is 0 Å². The van der Waals surface area contributed by atoms with Crippen LogP contribution in [0.5, 0.6) is 0 Å². The van der Waals surface area contributed by atoms with Gasteiger partial charge in [-0.2, -0.15) is 5.10 Å². The zero-order valence-corrected chi connectivity index (χ0v) is 20.6. The van der Waals surface area contributed by atoms with Crippen molar-refractivity contribution in [2.24, 2.45) is 5.10 Å². The number of hydrazone groups is 1. The number of aliphatic hydroxyl groups is 1. The Balaban J connectivity index is 2.36. The molecule has 0 aliphatic heterocycles. The molecule has 2 aromatic carbocycles. The van der Waals surface area contributed by atoms with Crippen LogP contribution in [0.4, 0.5) is 0 Å². The summed E-state index contributed by atoms with van der Waals surface area (Å²) in [5, 5.41) is 19.3. The van der Waals surface area contributed by atoms with E-state index < -0.39 is 14.4 Å². The van der Waals surface area contributed by atoms with E-state index in [0.29, 0.717) is 12.8 Å². The van der Waals surface area contributed by atoms with Crippen LogP contribution in [0.25, 0.3) is 0 Å². The minimum absolute atomic E-state index is 0.0722. The summed E-state index contributed by atoms with van der Waals surface area (Å²) in [6.45, 7) is 10.9. The topological polar surface area (TPSA) is 45.1 Å². The molecule has 0 heterocycles. The Hall–Kier alpha value is -1.95. The minimum Gasteiger partial charge on any atom is -0.405 e. The largest absolute Gasteiger partial charge is 0.405 e. The lowest BCUT2D eigenvalue weighted by atomic mass is 10.1. The Morgan fingerprint density at radius 3 is 1.87 bits per heavy atom. The zero-order valence-electron chi connectivity index (χ0n) is 19.6. The summed E-state index contributed by atoms with van der Waals surface area (Å²) in [6, 6.07) is 21.3. The van der Waals surface area contributed by atoms with E-state index in [-0.39, 0.29) is 11.1 Å². The van der Waals surface area contributed by atoms with Crippen molar-refractivity contribution >= 4 is 24.4 Å². The summed E-state index contributed by atoms with van der Waals surface area (Å²) in [4.78, 5) is 0. The Morgan fingerprint density at radius 2 is 1.47 bits per heavy atom. The van der Waals surface area contributed by atoms with E-state index in [1.807, 2.05) is 21.0 Å². The molecule has 2 atom stereocenters. The molecule has 4 nitrogen and oxygen atoms in total. The Labute approximate surface area is 183 Å². The Kier molecular flexibility index (Phi) is 8.41. The van der Waals surface area contributed by atoms with Crippen LogP contribution in [-0.2, 0) is 4.43 Å². The van der Waals surface area contributed by atoms with Crippen LogP contribution < -0.4 is 10.4 Å². The zero-order chi connectivity index (χ0) is 22.4. The van der Waals surface area contributed by atoms with Gasteiger partial charge in [0.1, 0.15) is 0 Å². The van der Waals surface area contributed by atoms with E-state index in [4.69, 9.17) is 4.43 Å². The lowest BCUT2D eigenvalue weighted by Crippen LogP contribution is -2.67. The van der Waals surface area contributed by atoms with E-state index in [1.165, 1.54) is 10.4 Å². The van der Waals surface area contributed by atoms with Gasteiger partial charge in [-0.1, -0.05) is 81.4 Å². The molecule has 1 unspecified atom stereocenters. The third-order valence-electron chi connectivity index (χ3n) is 5.30. The van der Waals surface area contributed by atoms with Crippen molar-refractivity contribution < 1.29 is 9.53 Å². The third-order valence-corrected chi connectivity index (χ3v) is 10.5. The summed E-state index contributed by atoms with van der Waals surface area (Å²) in [5.74, 6) is 0. The fourth-order valence-electron chi connectivity index (χ4n) is 4.23. The summed E-state index contributed by atoms with van der Waals surface area (Å²) in [6.07, 6.45) is 0.553. The van der Waals surface area contributed by atoms with Gasteiger partial charge in [0.2, 0.25) is 0 Å². The van der Waals surface area contributed by atoms with Crippen LogP contribution in [0.3, 0.4) is 0 Å². The molecule has 0 amide bonds. The fourth-order valence-corrected chi connectivity index (χ4v) is 8.95. The predicted molar refractivity (Wildman–Crippen MR) is 130 cm³/mol. The molecule has 2 aromatic rings. The van der Waals surface area contributed by atoms with Crippen molar-refractivity contribution in [3.05, 3.63) is 60.7 Å². The Bertz CT molecular complexity index is 761. The van der Waals surface area contributed by atoms with Gasteiger partial charge in [0.15, 0.2) is 0 Å². The van der Waals surface area contributed by atoms with Gasteiger partial charge >= 0.3 is 0 Å². The van der Waals surface area contributed by atoms with Crippen LogP contribution in [0.1, 0.15) is 47.5 Å². The highest BCUT2D eigenvalue weighted by atomic mass is 28.4. The van der Waals surface area contributed by atoms with E-state index >= 15 is 0 Å². The smallest absolute Gasteiger partial charge is 0.261 e. The second-order valence-corrected chi connectivity index (χ2v) is 13.6. The minimum atomic E-state index is -2.59. The van der Waals surface area contributed by atoms with Gasteiger partial charge in [-0.25, -0.2) is 0 Å². The van der Waals surface area contributed by atoms with Gasteiger partial charge in [-0.3, -0.25) is 0 Å². The average Bonchev–Trinajstić information content (AvgIpc) is 2.65. The second-order valence-electron chi connectivity index (χ2n) is 9.37. The molecule has 0 saturated carbocycles. The number of aliphatic hydroxyl groups excluding tert-OH is 1. The summed E-state index contributed by atoms with van der Waals surface area (Å²) >= 11 is 0. The summed E-state index contributed by atoms with van der Waals surface area (Å²) < 4.78 is 7.04. The van der Waals surface area contributed by atoms with Crippen LogP contribution in [0, 0.1) is 0 Å². The molecule has 2 rings (SSSR count). The number of hydrogen-bond acceptors (Lipinski definition) is 4. The monoisotopic (exact) mass is 426 g/mol. The molecule has 0 saturated heterocycles. The van der Waals surface area contributed by atoms with Gasteiger partial charge in [0.05, 0.1) is 6.10 Å². The first-order valence-electron chi connectivity index (χ1n) is 10.7. The first-order chi connectivity index (χ1) is 14.1. The lowest BCUT2D eigenvalue weighted by molar-refractivity contribution is 0.102. The summed E-state index contributed by atoms with van der Waals surface area (Å²) in [7, 11) is 1.19. The quantitative estimate of drug-likeness (QED) is 0.374. The highest BCUT2D eigenvalue weighted by Gasteiger charge is 2.51. The predicted octanol–water partition coefficient (Wildman–Crippen LogP) is 4.03. The molecule has 0 radical (unpaired) electrons. The van der Waals surface area contributed by atoms with Crippen LogP contribution in [0.15, 0.2) is 65.8 Å². The highest BCUT2D eigenvalue weighted by Crippen LogP contribution is 2.37. The molecule has 0 aliphatic carbocycles. The molecular formula is C25H38N2O2Si. The second kappa shape index (κ2) is 10.4. The Morgan fingerprint density at radius 1 is 1.00 bits per heavy atom. The maximum atomic E-state index is 10.7. The van der Waals surface area contributed by atoms with Crippen molar-refractivity contribution in [3.8, 4) is 0 Å². The van der Waals surface area contributed by atoms with Crippen LogP contribution in [0.2, 0.25) is 5.04 Å². The number of nitrogens with zero attached hydrogens (tertiary/aromatic N) is 2. The number of rotatable bonds is 9. The molecule has 0 aromatic heterocycles. The SMILES string of the molecule is C/C(CC(O)C[C@@H](C)O[Si](c1ccccc1)(c1ccccc1)C(C)(C)C)=N\N(C)C. The molecule has 164 valence electrons. The third kappa shape index (κ3) is 6.03. The number of hydrogen-bond donors (Lipinski definition) is 1. The first-order valence-corrected chi connectivity index (χ1v) is 12.7. The van der Waals surface area contributed by atoms with E-state index in [9.17, 15) is 5.11 Å². The van der Waals surface area contributed by atoms with Crippen LogP contribution in [-0.4, -0.2) is 50.4 Å². The first kappa shape index (κ1) is 24.3. The summed E-state index contributed by atoms with van der Waals surface area (Å²) in [5.41, 5.74) is 0.921. The van der Waals surface area contributed by atoms with E-state index in [2.05, 4.69) is 93.5 Å². The normalized spacial score (nSPS) is 15.0. The van der Waals surface area contributed by atoms with Crippen molar-refractivity contribution in [2.75, 3.05) is 14.1 Å². The van der Waals surface area contributed by atoms with Gasteiger partial charge in [-0.15, -0.1) is 0 Å². The molecule has 0 fully saturated rings. The van der Waals surface area contributed by atoms with E-state index in [1.54, 1.807) is 5.01 Å². The van der Waals surface area contributed by atoms with Crippen molar-refractivity contribution in [3.63, 3.8) is 0 Å². The maximum Gasteiger partial charge on any atom is 0.261 e. The van der Waals surface area contributed by atoms with Gasteiger partial charge < -0.3 is 14.5 Å². The molecule has 0 spiro atoms. The molecule has 1 N–H and O–H groups in total. The molecule has 0 aliphatic rings. The van der Waals surface area contributed by atoms with Crippen molar-refractivity contribution in [1.82, 2.24) is 5.01 Å². The number of benzene rings is 2. The average molecular weight is 427 g/mol. The molecular weight excluding hydrogens is 388 g/mol. The highest BCUT2D eigenvalue weighted by molar-refractivity contribution is 6.99. The van der Waals surface area contributed by atoms with Gasteiger partial charge in [-0.05, 0) is 35.7 Å². The molecule has 0 bridgehead atoms. The van der Waals surface area contributed by atoms with E-state index in [0.717, 1.165) is 5.71 Å². The van der Waals surface area contributed by atoms with Gasteiger partial charge in [0, 0.05) is 32.3 Å². The van der Waals surface area contributed by atoms with Crippen molar-refractivity contribution in [2.45, 2.75) is 64.7 Å². The standard InChI is InChI=1S/C25H38N2O2Si/c1-20(26-27(6)7)18-22(28)19-21(2)29-30(25(3,4)5,23-14-10-8-11-15-23)24-16-12-9-13-17-24/h8-17,21-22,28H,18-19H2,1-7H3/b26-20+/t21-,22?/m1/s1. The molecule has 30 heavy (non-hydrogen) atoms. The maximum absolute atomic E-state index is 10.7. The molecule has 5 heteroatoms. The fraction of sp³-hybridized carbons (Fsp3) is 0.480. The van der Waals surface area contributed by atoms with Gasteiger partial charge in [0.25, 0.3) is 8.32 Å².